The maximum atomic E-state index is 12.4. The summed E-state index contributed by atoms with van der Waals surface area (Å²) in [6, 6.07) is 14.8. The molecule has 1 amide bonds. The van der Waals surface area contributed by atoms with Gasteiger partial charge in [-0.05, 0) is 36.4 Å². The van der Waals surface area contributed by atoms with Crippen LogP contribution in [0.1, 0.15) is 5.82 Å². The molecule has 2 aromatic carbocycles. The molecule has 1 N–H and O–H groups in total. The number of rotatable bonds is 10. The molecule has 0 saturated heterocycles. The zero-order chi connectivity index (χ0) is 21.3. The molecule has 0 spiro atoms. The van der Waals surface area contributed by atoms with Crippen LogP contribution >= 0.6 is 27.7 Å². The van der Waals surface area contributed by atoms with E-state index in [1.54, 1.807) is 25.3 Å². The Morgan fingerprint density at radius 2 is 2.00 bits per heavy atom. The van der Waals surface area contributed by atoms with Crippen molar-refractivity contribution in [1.82, 2.24) is 14.8 Å². The molecule has 7 nitrogen and oxygen atoms in total. The molecule has 0 aliphatic heterocycles. The first kappa shape index (κ1) is 21.9. The lowest BCUT2D eigenvalue weighted by atomic mass is 10.3. The van der Waals surface area contributed by atoms with Gasteiger partial charge in [0.25, 0.3) is 0 Å². The third-order valence-electron chi connectivity index (χ3n) is 4.00. The summed E-state index contributed by atoms with van der Waals surface area (Å²) >= 11 is 4.70. The molecule has 1 aromatic heterocycles. The number of allylic oxidation sites excluding steroid dienone is 1. The van der Waals surface area contributed by atoms with E-state index in [2.05, 4.69) is 38.0 Å². The lowest BCUT2D eigenvalue weighted by molar-refractivity contribution is -0.113. The highest BCUT2D eigenvalue weighted by Gasteiger charge is 2.15. The number of aromatic nitrogens is 3. The topological polar surface area (TPSA) is 78.3 Å². The van der Waals surface area contributed by atoms with E-state index in [0.717, 1.165) is 10.2 Å². The highest BCUT2D eigenvalue weighted by molar-refractivity contribution is 9.10. The third kappa shape index (κ3) is 5.87. The molecule has 0 bridgehead atoms. The van der Waals surface area contributed by atoms with Gasteiger partial charge in [-0.3, -0.25) is 9.36 Å². The number of ether oxygens (including phenoxy) is 2. The summed E-state index contributed by atoms with van der Waals surface area (Å²) in [6.45, 7) is 4.57. The zero-order valence-corrected chi connectivity index (χ0v) is 18.8. The van der Waals surface area contributed by atoms with Gasteiger partial charge in [0.15, 0.2) is 11.0 Å². The third-order valence-corrected chi connectivity index (χ3v) is 5.50. The molecule has 9 heteroatoms. The van der Waals surface area contributed by atoms with Crippen LogP contribution in [0.4, 0.5) is 5.69 Å². The molecule has 0 aliphatic rings. The van der Waals surface area contributed by atoms with Gasteiger partial charge in [0.2, 0.25) is 5.91 Å². The van der Waals surface area contributed by atoms with Crippen LogP contribution in [0.3, 0.4) is 0 Å². The summed E-state index contributed by atoms with van der Waals surface area (Å²) in [5.74, 6) is 2.02. The lowest BCUT2D eigenvalue weighted by Crippen LogP contribution is -2.15. The smallest absolute Gasteiger partial charge is 0.234 e. The van der Waals surface area contributed by atoms with Gasteiger partial charge in [-0.25, -0.2) is 0 Å². The molecule has 0 atom stereocenters. The minimum absolute atomic E-state index is 0.162. The standard InChI is InChI=1S/C21H21BrN4O3S/c1-3-12-26-19(13-29-16-10-8-15(22)9-11-16)24-25-21(26)30-14-20(27)23-17-6-4-5-7-18(17)28-2/h3-11H,1,12-14H2,2H3,(H,23,27). The molecule has 0 radical (unpaired) electrons. The Hall–Kier alpha value is -2.78. The van der Waals surface area contributed by atoms with E-state index < -0.39 is 0 Å². The molecule has 1 heterocycles. The molecule has 0 unspecified atom stereocenters. The Labute approximate surface area is 187 Å². The molecule has 0 saturated carbocycles. The van der Waals surface area contributed by atoms with E-state index in [4.69, 9.17) is 9.47 Å². The number of para-hydroxylation sites is 2. The second kappa shape index (κ2) is 10.8. The van der Waals surface area contributed by atoms with Crippen LogP contribution in [0, 0.1) is 0 Å². The summed E-state index contributed by atoms with van der Waals surface area (Å²) < 4.78 is 13.9. The van der Waals surface area contributed by atoms with Crippen molar-refractivity contribution in [3.63, 3.8) is 0 Å². The Kier molecular flexibility index (Phi) is 7.92. The highest BCUT2D eigenvalue weighted by atomic mass is 79.9. The Bertz CT molecular complexity index is 1010. The van der Waals surface area contributed by atoms with Crippen LogP contribution in [0.15, 0.2) is 70.8 Å². The predicted octanol–water partition coefficient (Wildman–Crippen LogP) is 4.55. The van der Waals surface area contributed by atoms with Crippen LogP contribution in [-0.4, -0.2) is 33.5 Å². The molecular weight excluding hydrogens is 468 g/mol. The van der Waals surface area contributed by atoms with E-state index in [-0.39, 0.29) is 18.3 Å². The van der Waals surface area contributed by atoms with Crippen LogP contribution in [0.2, 0.25) is 0 Å². The van der Waals surface area contributed by atoms with Gasteiger partial charge >= 0.3 is 0 Å². The molecule has 3 aromatic rings. The maximum absolute atomic E-state index is 12.4. The fourth-order valence-electron chi connectivity index (χ4n) is 2.59. The average molecular weight is 489 g/mol. The Morgan fingerprint density at radius 3 is 2.73 bits per heavy atom. The molecule has 156 valence electrons. The van der Waals surface area contributed by atoms with Crippen LogP contribution in [0.25, 0.3) is 0 Å². The van der Waals surface area contributed by atoms with Crippen molar-refractivity contribution < 1.29 is 14.3 Å². The summed E-state index contributed by atoms with van der Waals surface area (Å²) in [6.07, 6.45) is 1.76. The monoisotopic (exact) mass is 488 g/mol. The van der Waals surface area contributed by atoms with Crippen molar-refractivity contribution >= 4 is 39.3 Å². The fourth-order valence-corrected chi connectivity index (χ4v) is 3.62. The number of carbonyl (C=O) groups excluding carboxylic acids is 1. The quantitative estimate of drug-likeness (QED) is 0.333. The van der Waals surface area contributed by atoms with Gasteiger partial charge in [0.05, 0.1) is 18.6 Å². The maximum Gasteiger partial charge on any atom is 0.234 e. The number of methoxy groups -OCH3 is 1. The van der Waals surface area contributed by atoms with E-state index >= 15 is 0 Å². The van der Waals surface area contributed by atoms with Crippen LogP contribution in [-0.2, 0) is 17.9 Å². The first-order chi connectivity index (χ1) is 14.6. The normalized spacial score (nSPS) is 10.5. The van der Waals surface area contributed by atoms with E-state index in [1.807, 2.05) is 41.0 Å². The number of hydrogen-bond donors (Lipinski definition) is 1. The molecule has 0 fully saturated rings. The number of thioether (sulfide) groups is 1. The van der Waals surface area contributed by atoms with Crippen LogP contribution < -0.4 is 14.8 Å². The van der Waals surface area contributed by atoms with Crippen molar-refractivity contribution in [2.75, 3.05) is 18.2 Å². The Morgan fingerprint density at radius 1 is 1.23 bits per heavy atom. The number of nitrogens with zero attached hydrogens (tertiary/aromatic N) is 3. The summed E-state index contributed by atoms with van der Waals surface area (Å²) in [5, 5.41) is 11.9. The first-order valence-electron chi connectivity index (χ1n) is 9.07. The van der Waals surface area contributed by atoms with E-state index in [9.17, 15) is 4.79 Å². The van der Waals surface area contributed by atoms with Gasteiger partial charge in [-0.2, -0.15) is 0 Å². The highest BCUT2D eigenvalue weighted by Crippen LogP contribution is 2.24. The number of benzene rings is 2. The van der Waals surface area contributed by atoms with Crippen molar-refractivity contribution in [2.24, 2.45) is 0 Å². The number of halogens is 1. The molecule has 3 rings (SSSR count). The summed E-state index contributed by atoms with van der Waals surface area (Å²) in [5.41, 5.74) is 0.627. The van der Waals surface area contributed by atoms with E-state index in [0.29, 0.717) is 29.0 Å². The number of hydrogen-bond acceptors (Lipinski definition) is 6. The molecule has 0 aliphatic carbocycles. The number of carbonyl (C=O) groups is 1. The zero-order valence-electron chi connectivity index (χ0n) is 16.4. The van der Waals surface area contributed by atoms with Gasteiger partial charge < -0.3 is 14.8 Å². The second-order valence-electron chi connectivity index (χ2n) is 6.08. The number of anilines is 1. The van der Waals surface area contributed by atoms with Crippen molar-refractivity contribution in [1.29, 1.82) is 0 Å². The minimum atomic E-state index is -0.162. The number of amides is 1. The fraction of sp³-hybridized carbons (Fsp3) is 0.190. The Balaban J connectivity index is 1.62. The van der Waals surface area contributed by atoms with Gasteiger partial charge in [-0.1, -0.05) is 45.9 Å². The van der Waals surface area contributed by atoms with Crippen molar-refractivity contribution in [3.8, 4) is 11.5 Å². The van der Waals surface area contributed by atoms with Crippen molar-refractivity contribution in [2.45, 2.75) is 18.3 Å². The predicted molar refractivity (Wildman–Crippen MR) is 121 cm³/mol. The molecule has 30 heavy (non-hydrogen) atoms. The van der Waals surface area contributed by atoms with Gasteiger partial charge in [-0.15, -0.1) is 16.8 Å². The summed E-state index contributed by atoms with van der Waals surface area (Å²) in [7, 11) is 1.56. The minimum Gasteiger partial charge on any atom is -0.495 e. The van der Waals surface area contributed by atoms with Gasteiger partial charge in [0.1, 0.15) is 18.1 Å². The first-order valence-corrected chi connectivity index (χ1v) is 10.9. The molecular formula is C21H21BrN4O3S. The SMILES string of the molecule is C=CCn1c(COc2ccc(Br)cc2)nnc1SCC(=O)Nc1ccccc1OC. The average Bonchev–Trinajstić information content (AvgIpc) is 3.14. The second-order valence-corrected chi connectivity index (χ2v) is 7.94. The van der Waals surface area contributed by atoms with Crippen molar-refractivity contribution in [3.05, 3.63) is 71.5 Å². The number of nitrogens with one attached hydrogen (secondary N) is 1. The lowest BCUT2D eigenvalue weighted by Gasteiger charge is -2.10. The van der Waals surface area contributed by atoms with Crippen LogP contribution in [0.5, 0.6) is 11.5 Å². The largest absolute Gasteiger partial charge is 0.495 e. The van der Waals surface area contributed by atoms with Gasteiger partial charge in [0, 0.05) is 11.0 Å². The van der Waals surface area contributed by atoms with E-state index in [1.165, 1.54) is 11.8 Å². The summed E-state index contributed by atoms with van der Waals surface area (Å²) in [4.78, 5) is 12.4.